The number of aromatic nitrogens is 2. The fraction of sp³-hybridized carbons (Fsp3) is 0.308. The van der Waals surface area contributed by atoms with Crippen molar-refractivity contribution >= 4 is 15.9 Å². The molecule has 1 aromatic carbocycles. The molecule has 3 nitrogen and oxygen atoms in total. The molecule has 17 heavy (non-hydrogen) atoms. The van der Waals surface area contributed by atoms with Gasteiger partial charge in [0.15, 0.2) is 0 Å². The quantitative estimate of drug-likeness (QED) is 0.919. The van der Waals surface area contributed by atoms with Crippen LogP contribution in [0.1, 0.15) is 18.2 Å². The smallest absolute Gasteiger partial charge is 0.0663 e. The van der Waals surface area contributed by atoms with Crippen molar-refractivity contribution in [3.63, 3.8) is 0 Å². The molecule has 2 aromatic rings. The zero-order chi connectivity index (χ0) is 12.1. The lowest BCUT2D eigenvalue weighted by Gasteiger charge is -2.08. The van der Waals surface area contributed by atoms with Crippen LogP contribution in [0.25, 0.3) is 0 Å². The molecule has 0 fully saturated rings. The molecule has 0 amide bonds. The van der Waals surface area contributed by atoms with Gasteiger partial charge in [-0.05, 0) is 30.3 Å². The number of nitrogens with zero attached hydrogens (tertiary/aromatic N) is 2. The van der Waals surface area contributed by atoms with Gasteiger partial charge < -0.3 is 5.32 Å². The summed E-state index contributed by atoms with van der Waals surface area (Å²) in [5.41, 5.74) is 2.47. The van der Waals surface area contributed by atoms with E-state index < -0.39 is 0 Å². The van der Waals surface area contributed by atoms with Gasteiger partial charge in [0, 0.05) is 17.2 Å². The molecule has 2 rings (SSSR count). The van der Waals surface area contributed by atoms with E-state index in [9.17, 15) is 0 Å². The summed E-state index contributed by atoms with van der Waals surface area (Å²) < 4.78 is 3.14. The summed E-state index contributed by atoms with van der Waals surface area (Å²) in [5, 5.41) is 7.67. The molecule has 0 aliphatic heterocycles. The van der Waals surface area contributed by atoms with Gasteiger partial charge in [-0.3, -0.25) is 4.68 Å². The molecule has 1 N–H and O–H groups in total. The van der Waals surface area contributed by atoms with E-state index in [1.54, 1.807) is 0 Å². The lowest BCUT2D eigenvalue weighted by atomic mass is 10.2. The van der Waals surface area contributed by atoms with Crippen molar-refractivity contribution in [1.82, 2.24) is 15.1 Å². The van der Waals surface area contributed by atoms with Crippen LogP contribution < -0.4 is 5.32 Å². The molecule has 4 heteroatoms. The Morgan fingerprint density at radius 1 is 1.35 bits per heavy atom. The third-order valence-electron chi connectivity index (χ3n) is 2.58. The van der Waals surface area contributed by atoms with E-state index >= 15 is 0 Å². The van der Waals surface area contributed by atoms with E-state index in [-0.39, 0.29) is 0 Å². The third-order valence-corrected chi connectivity index (χ3v) is 3.08. The number of hydrogen-bond donors (Lipinski definition) is 1. The predicted molar refractivity (Wildman–Crippen MR) is 72.9 cm³/mol. The minimum Gasteiger partial charge on any atom is -0.311 e. The summed E-state index contributed by atoms with van der Waals surface area (Å²) in [4.78, 5) is 0. The van der Waals surface area contributed by atoms with E-state index in [2.05, 4.69) is 51.5 Å². The van der Waals surface area contributed by atoms with Gasteiger partial charge in [-0.2, -0.15) is 5.10 Å². The van der Waals surface area contributed by atoms with Gasteiger partial charge in [0.1, 0.15) is 0 Å². The van der Waals surface area contributed by atoms with Gasteiger partial charge in [-0.1, -0.05) is 35.0 Å². The molecule has 0 aliphatic rings. The molecule has 0 aliphatic carbocycles. The molecule has 0 saturated carbocycles. The van der Waals surface area contributed by atoms with Crippen molar-refractivity contribution in [1.29, 1.82) is 0 Å². The Balaban J connectivity index is 2.10. The third kappa shape index (κ3) is 3.41. The Hall–Kier alpha value is -1.13. The molecule has 1 heterocycles. The molecule has 0 atom stereocenters. The van der Waals surface area contributed by atoms with E-state index in [1.165, 1.54) is 11.3 Å². The van der Waals surface area contributed by atoms with Crippen molar-refractivity contribution in [3.05, 3.63) is 52.3 Å². The number of benzene rings is 1. The molecule has 0 bridgehead atoms. The summed E-state index contributed by atoms with van der Waals surface area (Å²) in [5.74, 6) is 0. The van der Waals surface area contributed by atoms with Crippen LogP contribution >= 0.6 is 15.9 Å². The SMILES string of the molecule is CCNCc1ccnn1Cc1cccc(Br)c1. The van der Waals surface area contributed by atoms with Gasteiger partial charge in [0.05, 0.1) is 12.2 Å². The topological polar surface area (TPSA) is 29.9 Å². The Bertz CT molecular complexity index is 479. The van der Waals surface area contributed by atoms with Crippen molar-refractivity contribution < 1.29 is 0 Å². The lowest BCUT2D eigenvalue weighted by Crippen LogP contribution is -2.16. The minimum atomic E-state index is 0.813. The summed E-state index contributed by atoms with van der Waals surface area (Å²) in [6.07, 6.45) is 1.85. The summed E-state index contributed by atoms with van der Waals surface area (Å²) in [6.45, 7) is 4.76. The molecule has 90 valence electrons. The highest BCUT2D eigenvalue weighted by atomic mass is 79.9. The zero-order valence-electron chi connectivity index (χ0n) is 9.86. The van der Waals surface area contributed by atoms with Gasteiger partial charge in [-0.15, -0.1) is 0 Å². The van der Waals surface area contributed by atoms with Crippen molar-refractivity contribution in [2.24, 2.45) is 0 Å². The number of halogens is 1. The Morgan fingerprint density at radius 2 is 2.24 bits per heavy atom. The van der Waals surface area contributed by atoms with Crippen LogP contribution in [0.3, 0.4) is 0 Å². The largest absolute Gasteiger partial charge is 0.311 e. The van der Waals surface area contributed by atoms with Crippen LogP contribution in [0.15, 0.2) is 41.0 Å². The molecule has 0 radical (unpaired) electrons. The maximum absolute atomic E-state index is 4.36. The second-order valence-electron chi connectivity index (χ2n) is 3.89. The maximum atomic E-state index is 4.36. The molecular formula is C13H16BrN3. The predicted octanol–water partition coefficient (Wildman–Crippen LogP) is 2.80. The van der Waals surface area contributed by atoms with E-state index in [0.29, 0.717) is 0 Å². The van der Waals surface area contributed by atoms with Gasteiger partial charge in [-0.25, -0.2) is 0 Å². The highest BCUT2D eigenvalue weighted by Crippen LogP contribution is 2.13. The van der Waals surface area contributed by atoms with Crippen molar-refractivity contribution in [2.75, 3.05) is 6.54 Å². The fourth-order valence-corrected chi connectivity index (χ4v) is 2.16. The number of nitrogens with one attached hydrogen (secondary N) is 1. The summed E-state index contributed by atoms with van der Waals surface area (Å²) in [7, 11) is 0. The van der Waals surface area contributed by atoms with Crippen LogP contribution in [-0.4, -0.2) is 16.3 Å². The van der Waals surface area contributed by atoms with Crippen molar-refractivity contribution in [3.8, 4) is 0 Å². The Labute approximate surface area is 110 Å². The molecule has 0 unspecified atom stereocenters. The van der Waals surface area contributed by atoms with Crippen LogP contribution in [0, 0.1) is 0 Å². The van der Waals surface area contributed by atoms with E-state index in [0.717, 1.165) is 24.1 Å². The fourth-order valence-electron chi connectivity index (χ4n) is 1.71. The Morgan fingerprint density at radius 3 is 3.00 bits per heavy atom. The minimum absolute atomic E-state index is 0.813. The first kappa shape index (κ1) is 12.3. The zero-order valence-corrected chi connectivity index (χ0v) is 11.4. The first-order valence-electron chi connectivity index (χ1n) is 5.75. The molecule has 1 aromatic heterocycles. The molecule has 0 saturated heterocycles. The van der Waals surface area contributed by atoms with Gasteiger partial charge >= 0.3 is 0 Å². The van der Waals surface area contributed by atoms with Crippen LogP contribution in [0.5, 0.6) is 0 Å². The lowest BCUT2D eigenvalue weighted by molar-refractivity contribution is 0.605. The first-order chi connectivity index (χ1) is 8.29. The summed E-state index contributed by atoms with van der Waals surface area (Å²) >= 11 is 3.48. The number of rotatable bonds is 5. The average molecular weight is 294 g/mol. The normalized spacial score (nSPS) is 10.7. The average Bonchev–Trinajstić information content (AvgIpc) is 2.74. The van der Waals surface area contributed by atoms with Crippen LogP contribution in [0.4, 0.5) is 0 Å². The molecule has 0 spiro atoms. The summed E-state index contributed by atoms with van der Waals surface area (Å²) in [6, 6.07) is 10.4. The monoisotopic (exact) mass is 293 g/mol. The molecular weight excluding hydrogens is 278 g/mol. The van der Waals surface area contributed by atoms with Gasteiger partial charge in [0.25, 0.3) is 0 Å². The highest BCUT2D eigenvalue weighted by molar-refractivity contribution is 9.10. The second-order valence-corrected chi connectivity index (χ2v) is 4.81. The first-order valence-corrected chi connectivity index (χ1v) is 6.54. The highest BCUT2D eigenvalue weighted by Gasteiger charge is 2.02. The Kier molecular flexibility index (Phi) is 4.34. The maximum Gasteiger partial charge on any atom is 0.0663 e. The van der Waals surface area contributed by atoms with E-state index in [4.69, 9.17) is 0 Å². The standard InChI is InChI=1S/C13H16BrN3/c1-2-15-9-13-6-7-16-17(13)10-11-4-3-5-12(14)8-11/h3-8,15H,2,9-10H2,1H3. The van der Waals surface area contributed by atoms with Crippen molar-refractivity contribution in [2.45, 2.75) is 20.0 Å². The second kappa shape index (κ2) is 5.98. The van der Waals surface area contributed by atoms with E-state index in [1.807, 2.05) is 23.0 Å². The van der Waals surface area contributed by atoms with Crippen LogP contribution in [-0.2, 0) is 13.1 Å². The van der Waals surface area contributed by atoms with Gasteiger partial charge in [0.2, 0.25) is 0 Å². The number of hydrogen-bond acceptors (Lipinski definition) is 2. The van der Waals surface area contributed by atoms with Crippen LogP contribution in [0.2, 0.25) is 0 Å².